The average molecular weight is 716 g/mol. The molecule has 8 aromatic carbocycles. The van der Waals surface area contributed by atoms with Gasteiger partial charge in [-0.25, -0.2) is 15.0 Å². The topological polar surface area (TPSA) is 48.5 Å². The zero-order valence-electron chi connectivity index (χ0n) is 30.3. The number of para-hydroxylation sites is 3. The molecular weight excluding hydrogens is 683 g/mol. The number of hydrogen-bond acceptors (Lipinski definition) is 3. The Morgan fingerprint density at radius 2 is 0.786 bits per heavy atom. The lowest BCUT2D eigenvalue weighted by molar-refractivity contribution is 1.07. The molecule has 0 N–H and O–H groups in total. The monoisotopic (exact) mass is 715 g/mol. The van der Waals surface area contributed by atoms with E-state index in [0.717, 1.165) is 39.1 Å². The van der Waals surface area contributed by atoms with Crippen molar-refractivity contribution in [3.63, 3.8) is 0 Å². The molecule has 0 fully saturated rings. The van der Waals surface area contributed by atoms with Crippen LogP contribution in [0.1, 0.15) is 0 Å². The van der Waals surface area contributed by atoms with E-state index in [2.05, 4.69) is 149 Å². The molecule has 5 heteroatoms. The van der Waals surface area contributed by atoms with Gasteiger partial charge in [0.15, 0.2) is 17.5 Å². The standard InChI is InChI=1S/C51H33N5/c1-4-16-34(17-5-1)39-22-10-13-25-43(39)56-45-27-15-12-24-42(45)47-46(56)33-32-41-40-23-11-14-26-44(40)55(48(41)47)38-30-28-37(29-31-38)51-53-49(35-18-6-2-7-19-35)52-50(54-51)36-20-8-3-9-21-36/h1-33H. The zero-order valence-corrected chi connectivity index (χ0v) is 30.3. The molecule has 0 saturated carbocycles. The van der Waals surface area contributed by atoms with E-state index >= 15 is 0 Å². The summed E-state index contributed by atoms with van der Waals surface area (Å²) in [6.07, 6.45) is 0. The zero-order chi connectivity index (χ0) is 37.0. The van der Waals surface area contributed by atoms with Crippen molar-refractivity contribution in [3.05, 3.63) is 200 Å². The summed E-state index contributed by atoms with van der Waals surface area (Å²) in [5.41, 5.74) is 12.1. The van der Waals surface area contributed by atoms with Crippen LogP contribution in [0.4, 0.5) is 0 Å². The Bertz CT molecular complexity index is 3160. The van der Waals surface area contributed by atoms with Crippen molar-refractivity contribution in [1.29, 1.82) is 0 Å². The highest BCUT2D eigenvalue weighted by Crippen LogP contribution is 2.43. The highest BCUT2D eigenvalue weighted by Gasteiger charge is 2.22. The maximum absolute atomic E-state index is 5.00. The van der Waals surface area contributed by atoms with Gasteiger partial charge in [0.2, 0.25) is 0 Å². The first kappa shape index (κ1) is 31.9. The molecule has 11 rings (SSSR count). The van der Waals surface area contributed by atoms with Crippen molar-refractivity contribution in [2.24, 2.45) is 0 Å². The van der Waals surface area contributed by atoms with Gasteiger partial charge in [0, 0.05) is 49.5 Å². The van der Waals surface area contributed by atoms with Crippen LogP contribution >= 0.6 is 0 Å². The Hall–Kier alpha value is -7.63. The summed E-state index contributed by atoms with van der Waals surface area (Å²) >= 11 is 0. The maximum Gasteiger partial charge on any atom is 0.164 e. The number of aromatic nitrogens is 5. The van der Waals surface area contributed by atoms with Gasteiger partial charge in [-0.15, -0.1) is 0 Å². The first-order valence-electron chi connectivity index (χ1n) is 18.9. The molecule has 56 heavy (non-hydrogen) atoms. The molecule has 0 aliphatic heterocycles. The fraction of sp³-hybridized carbons (Fsp3) is 0. The van der Waals surface area contributed by atoms with Crippen LogP contribution < -0.4 is 0 Å². The van der Waals surface area contributed by atoms with E-state index < -0.39 is 0 Å². The summed E-state index contributed by atoms with van der Waals surface area (Å²) in [6, 6.07) is 70.4. The predicted octanol–water partition coefficient (Wildman–Crippen LogP) is 12.7. The van der Waals surface area contributed by atoms with Gasteiger partial charge in [-0.2, -0.15) is 0 Å². The fourth-order valence-corrected chi connectivity index (χ4v) is 8.26. The van der Waals surface area contributed by atoms with E-state index in [1.54, 1.807) is 0 Å². The SMILES string of the molecule is c1ccc(-c2nc(-c3ccccc3)nc(-c3ccc(-n4c5ccccc5c5ccc6c(c7ccccc7n6-c6ccccc6-c6ccccc6)c54)cc3)n2)cc1. The molecule has 0 atom stereocenters. The molecule has 3 aromatic heterocycles. The summed E-state index contributed by atoms with van der Waals surface area (Å²) < 4.78 is 4.86. The molecule has 0 bridgehead atoms. The van der Waals surface area contributed by atoms with Crippen molar-refractivity contribution in [3.8, 4) is 56.7 Å². The smallest absolute Gasteiger partial charge is 0.164 e. The molecule has 0 unspecified atom stereocenters. The minimum atomic E-state index is 0.633. The van der Waals surface area contributed by atoms with E-state index in [0.29, 0.717) is 17.5 Å². The molecular formula is C51H33N5. The summed E-state index contributed by atoms with van der Waals surface area (Å²) in [5.74, 6) is 1.93. The van der Waals surface area contributed by atoms with Gasteiger partial charge in [0.25, 0.3) is 0 Å². The first-order valence-corrected chi connectivity index (χ1v) is 18.9. The molecule has 262 valence electrons. The molecule has 0 aliphatic carbocycles. The third-order valence-electron chi connectivity index (χ3n) is 10.8. The predicted molar refractivity (Wildman–Crippen MR) is 230 cm³/mol. The fourth-order valence-electron chi connectivity index (χ4n) is 8.26. The minimum absolute atomic E-state index is 0.633. The van der Waals surface area contributed by atoms with Crippen LogP contribution in [0, 0.1) is 0 Å². The minimum Gasteiger partial charge on any atom is -0.309 e. The van der Waals surface area contributed by atoms with Crippen LogP contribution in [0.3, 0.4) is 0 Å². The second-order valence-corrected chi connectivity index (χ2v) is 14.0. The normalized spacial score (nSPS) is 11.6. The van der Waals surface area contributed by atoms with Crippen LogP contribution in [-0.4, -0.2) is 24.1 Å². The Labute approximate surface area is 323 Å². The van der Waals surface area contributed by atoms with Gasteiger partial charge in [0.1, 0.15) is 0 Å². The lowest BCUT2D eigenvalue weighted by Crippen LogP contribution is -2.00. The van der Waals surface area contributed by atoms with Gasteiger partial charge in [-0.05, 0) is 54.1 Å². The average Bonchev–Trinajstić information content (AvgIpc) is 3.80. The molecule has 0 spiro atoms. The number of nitrogens with zero attached hydrogens (tertiary/aromatic N) is 5. The summed E-state index contributed by atoms with van der Waals surface area (Å²) in [6.45, 7) is 0. The summed E-state index contributed by atoms with van der Waals surface area (Å²) in [7, 11) is 0. The van der Waals surface area contributed by atoms with Crippen LogP contribution in [0.15, 0.2) is 200 Å². The van der Waals surface area contributed by atoms with Crippen molar-refractivity contribution in [2.45, 2.75) is 0 Å². The Balaban J connectivity index is 1.13. The molecule has 0 radical (unpaired) electrons. The highest BCUT2D eigenvalue weighted by molar-refractivity contribution is 6.26. The Morgan fingerprint density at radius 1 is 0.304 bits per heavy atom. The lowest BCUT2D eigenvalue weighted by atomic mass is 10.0. The number of rotatable bonds is 6. The second kappa shape index (κ2) is 13.0. The van der Waals surface area contributed by atoms with E-state index in [9.17, 15) is 0 Å². The number of fused-ring (bicyclic) bond motifs is 7. The van der Waals surface area contributed by atoms with Crippen LogP contribution in [0.25, 0.3) is 100 Å². The van der Waals surface area contributed by atoms with Gasteiger partial charge in [-0.1, -0.05) is 152 Å². The van der Waals surface area contributed by atoms with E-state index in [-0.39, 0.29) is 0 Å². The van der Waals surface area contributed by atoms with Crippen molar-refractivity contribution < 1.29 is 0 Å². The van der Waals surface area contributed by atoms with Crippen molar-refractivity contribution in [2.75, 3.05) is 0 Å². The third kappa shape index (κ3) is 5.13. The Kier molecular flexibility index (Phi) is 7.42. The molecule has 0 aliphatic rings. The second-order valence-electron chi connectivity index (χ2n) is 14.0. The van der Waals surface area contributed by atoms with Gasteiger partial charge >= 0.3 is 0 Å². The van der Waals surface area contributed by atoms with E-state index in [1.807, 2.05) is 60.7 Å². The Morgan fingerprint density at radius 3 is 1.41 bits per heavy atom. The largest absolute Gasteiger partial charge is 0.309 e. The number of benzene rings is 8. The van der Waals surface area contributed by atoms with Crippen molar-refractivity contribution >= 4 is 43.6 Å². The van der Waals surface area contributed by atoms with E-state index in [4.69, 9.17) is 15.0 Å². The quantitative estimate of drug-likeness (QED) is 0.172. The van der Waals surface area contributed by atoms with Crippen LogP contribution in [0.5, 0.6) is 0 Å². The van der Waals surface area contributed by atoms with Gasteiger partial charge in [0.05, 0.1) is 27.8 Å². The third-order valence-corrected chi connectivity index (χ3v) is 10.8. The molecule has 11 aromatic rings. The molecule has 0 amide bonds. The molecule has 3 heterocycles. The first-order chi connectivity index (χ1) is 27.8. The molecule has 0 saturated heterocycles. The maximum atomic E-state index is 5.00. The number of hydrogen-bond donors (Lipinski definition) is 0. The van der Waals surface area contributed by atoms with Gasteiger partial charge < -0.3 is 9.13 Å². The summed E-state index contributed by atoms with van der Waals surface area (Å²) in [5, 5.41) is 4.86. The van der Waals surface area contributed by atoms with E-state index in [1.165, 1.54) is 43.7 Å². The van der Waals surface area contributed by atoms with Crippen molar-refractivity contribution in [1.82, 2.24) is 24.1 Å². The van der Waals surface area contributed by atoms with Crippen LogP contribution in [-0.2, 0) is 0 Å². The highest BCUT2D eigenvalue weighted by atomic mass is 15.0. The van der Waals surface area contributed by atoms with Gasteiger partial charge in [-0.3, -0.25) is 0 Å². The lowest BCUT2D eigenvalue weighted by Gasteiger charge is -2.14. The summed E-state index contributed by atoms with van der Waals surface area (Å²) in [4.78, 5) is 14.9. The van der Waals surface area contributed by atoms with Crippen LogP contribution in [0.2, 0.25) is 0 Å². The molecule has 5 nitrogen and oxygen atoms in total.